The molecule has 0 saturated carbocycles. The molecule has 1 atom stereocenters. The van der Waals surface area contributed by atoms with E-state index in [4.69, 9.17) is 0 Å². The predicted octanol–water partition coefficient (Wildman–Crippen LogP) is 4.88. The lowest BCUT2D eigenvalue weighted by Gasteiger charge is -2.13. The molecule has 3 aromatic rings. The first kappa shape index (κ1) is 18.8. The first-order chi connectivity index (χ1) is 13.5. The summed E-state index contributed by atoms with van der Waals surface area (Å²) in [6.45, 7) is 1.78. The summed E-state index contributed by atoms with van der Waals surface area (Å²) in [5.41, 5.74) is 3.61. The van der Waals surface area contributed by atoms with Crippen molar-refractivity contribution in [2.24, 2.45) is 0 Å². The van der Waals surface area contributed by atoms with E-state index in [1.165, 1.54) is 22.5 Å². The number of amides is 2. The minimum Gasteiger partial charge on any atom is -0.344 e. The Kier molecular flexibility index (Phi) is 5.28. The fraction of sp³-hybridized carbons (Fsp3) is 0.190. The monoisotopic (exact) mass is 455 g/mol. The zero-order chi connectivity index (χ0) is 19.7. The van der Waals surface area contributed by atoms with Crippen molar-refractivity contribution in [3.05, 3.63) is 80.3 Å². The molecule has 1 aliphatic rings. The van der Waals surface area contributed by atoms with Crippen LogP contribution in [0.25, 0.3) is 0 Å². The van der Waals surface area contributed by atoms with Gasteiger partial charge in [0.25, 0.3) is 11.8 Å². The van der Waals surface area contributed by atoms with Gasteiger partial charge in [-0.1, -0.05) is 51.5 Å². The van der Waals surface area contributed by atoms with E-state index in [0.717, 1.165) is 17.3 Å². The highest BCUT2D eigenvalue weighted by Gasteiger charge is 2.25. The Morgan fingerprint density at radius 1 is 1.11 bits per heavy atom. The lowest BCUT2D eigenvalue weighted by Crippen LogP contribution is -2.26. The Morgan fingerprint density at radius 2 is 1.86 bits per heavy atom. The average molecular weight is 456 g/mol. The number of carbonyl (C=O) groups excluding carboxylic acids is 2. The van der Waals surface area contributed by atoms with Gasteiger partial charge in [0, 0.05) is 10.0 Å². The molecule has 142 valence electrons. The van der Waals surface area contributed by atoms with Crippen LogP contribution in [0.3, 0.4) is 0 Å². The zero-order valence-corrected chi connectivity index (χ0v) is 17.6. The number of hydrogen-bond donors (Lipinski definition) is 2. The van der Waals surface area contributed by atoms with Crippen LogP contribution < -0.4 is 10.6 Å². The molecule has 2 aromatic carbocycles. The topological polar surface area (TPSA) is 71.1 Å². The molecule has 1 aromatic heterocycles. The summed E-state index contributed by atoms with van der Waals surface area (Å²) < 4.78 is 0.904. The Morgan fingerprint density at radius 3 is 2.64 bits per heavy atom. The van der Waals surface area contributed by atoms with E-state index in [1.54, 1.807) is 31.2 Å². The highest BCUT2D eigenvalue weighted by molar-refractivity contribution is 9.10. The maximum Gasteiger partial charge on any atom is 0.263 e. The number of rotatable bonds is 4. The van der Waals surface area contributed by atoms with E-state index in [2.05, 4.69) is 43.7 Å². The molecule has 5 nitrogen and oxygen atoms in total. The second-order valence-electron chi connectivity index (χ2n) is 6.66. The molecule has 28 heavy (non-hydrogen) atoms. The summed E-state index contributed by atoms with van der Waals surface area (Å²) in [6.07, 6.45) is 1.87. The van der Waals surface area contributed by atoms with Gasteiger partial charge in [-0.15, -0.1) is 0 Å². The van der Waals surface area contributed by atoms with Crippen molar-refractivity contribution >= 4 is 44.2 Å². The van der Waals surface area contributed by atoms with Gasteiger partial charge in [-0.25, -0.2) is 4.98 Å². The van der Waals surface area contributed by atoms with E-state index >= 15 is 0 Å². The number of thiazole rings is 1. The number of halogens is 1. The van der Waals surface area contributed by atoms with Gasteiger partial charge in [-0.3, -0.25) is 14.9 Å². The maximum absolute atomic E-state index is 12.8. The van der Waals surface area contributed by atoms with Crippen molar-refractivity contribution in [1.29, 1.82) is 0 Å². The molecule has 1 aliphatic carbocycles. The lowest BCUT2D eigenvalue weighted by atomic mass is 10.1. The molecule has 4 rings (SSSR count). The number of nitrogens with zero attached hydrogens (tertiary/aromatic N) is 1. The molecule has 0 bridgehead atoms. The molecular weight excluding hydrogens is 438 g/mol. The lowest BCUT2D eigenvalue weighted by molar-refractivity contribution is 0.0939. The molecule has 0 aliphatic heterocycles. The number of aryl methyl sites for hydroxylation is 2. The van der Waals surface area contributed by atoms with E-state index < -0.39 is 0 Å². The number of hydrogen-bond acceptors (Lipinski definition) is 4. The van der Waals surface area contributed by atoms with Crippen LogP contribution in [0.4, 0.5) is 5.13 Å². The van der Waals surface area contributed by atoms with Crippen LogP contribution in [0.2, 0.25) is 0 Å². The zero-order valence-electron chi connectivity index (χ0n) is 15.2. The first-order valence-corrected chi connectivity index (χ1v) is 10.6. The maximum atomic E-state index is 12.8. The fourth-order valence-corrected chi connectivity index (χ4v) is 4.49. The Hall–Kier alpha value is -2.51. The summed E-state index contributed by atoms with van der Waals surface area (Å²) in [6, 6.07) is 15.3. The molecule has 0 fully saturated rings. The van der Waals surface area contributed by atoms with E-state index in [1.807, 2.05) is 12.1 Å². The van der Waals surface area contributed by atoms with Gasteiger partial charge in [-0.05, 0) is 55.2 Å². The highest BCUT2D eigenvalue weighted by atomic mass is 79.9. The first-order valence-electron chi connectivity index (χ1n) is 8.94. The molecule has 0 spiro atoms. The Bertz CT molecular complexity index is 1050. The second kappa shape index (κ2) is 7.85. The van der Waals surface area contributed by atoms with E-state index in [-0.39, 0.29) is 17.9 Å². The largest absolute Gasteiger partial charge is 0.344 e. The summed E-state index contributed by atoms with van der Waals surface area (Å²) in [4.78, 5) is 30.0. The van der Waals surface area contributed by atoms with Crippen LogP contribution in [0.15, 0.2) is 53.0 Å². The number of nitrogens with one attached hydrogen (secondary N) is 2. The van der Waals surface area contributed by atoms with Crippen molar-refractivity contribution in [1.82, 2.24) is 10.3 Å². The molecular formula is C21H18BrN3O2S. The summed E-state index contributed by atoms with van der Waals surface area (Å²) in [5.74, 6) is -0.404. The molecule has 0 radical (unpaired) electrons. The smallest absolute Gasteiger partial charge is 0.263 e. The summed E-state index contributed by atoms with van der Waals surface area (Å²) >= 11 is 4.54. The quantitative estimate of drug-likeness (QED) is 0.588. The van der Waals surface area contributed by atoms with Crippen LogP contribution in [0, 0.1) is 6.92 Å². The molecule has 1 heterocycles. The minimum atomic E-state index is -0.252. The number of carbonyl (C=O) groups is 2. The number of aromatic nitrogens is 1. The van der Waals surface area contributed by atoms with Crippen molar-refractivity contribution in [2.75, 3.05) is 5.32 Å². The third-order valence-electron chi connectivity index (χ3n) is 4.77. The molecule has 1 unspecified atom stereocenters. The predicted molar refractivity (Wildman–Crippen MR) is 114 cm³/mol. The molecule has 2 amide bonds. The normalized spacial score (nSPS) is 15.1. The third kappa shape index (κ3) is 3.86. The second-order valence-corrected chi connectivity index (χ2v) is 8.57. The fourth-order valence-electron chi connectivity index (χ4n) is 3.36. The van der Waals surface area contributed by atoms with Gasteiger partial charge >= 0.3 is 0 Å². The Labute approximate surface area is 175 Å². The standard InChI is InChI=1S/C21H18BrN3O2S/c1-12-18(20(27)24-17-11-8-13-4-2-3-5-16(13)17)28-21(23-12)25-19(26)14-6-9-15(22)10-7-14/h2-7,9-10,17H,8,11H2,1H3,(H,24,27)(H,23,25,26). The SMILES string of the molecule is Cc1nc(NC(=O)c2ccc(Br)cc2)sc1C(=O)NC1CCc2ccccc21. The van der Waals surface area contributed by atoms with Gasteiger partial charge in [0.05, 0.1) is 11.7 Å². The van der Waals surface area contributed by atoms with Crippen LogP contribution in [0.1, 0.15) is 49.3 Å². The molecule has 0 saturated heterocycles. The number of fused-ring (bicyclic) bond motifs is 1. The van der Waals surface area contributed by atoms with Crippen molar-refractivity contribution in [2.45, 2.75) is 25.8 Å². The summed E-state index contributed by atoms with van der Waals surface area (Å²) in [5, 5.41) is 6.31. The van der Waals surface area contributed by atoms with Crippen molar-refractivity contribution in [3.63, 3.8) is 0 Å². The minimum absolute atomic E-state index is 0.0195. The summed E-state index contributed by atoms with van der Waals surface area (Å²) in [7, 11) is 0. The number of benzene rings is 2. The van der Waals surface area contributed by atoms with E-state index in [9.17, 15) is 9.59 Å². The van der Waals surface area contributed by atoms with Crippen LogP contribution >= 0.6 is 27.3 Å². The highest BCUT2D eigenvalue weighted by Crippen LogP contribution is 2.32. The van der Waals surface area contributed by atoms with Crippen molar-refractivity contribution in [3.8, 4) is 0 Å². The van der Waals surface area contributed by atoms with Crippen LogP contribution in [-0.2, 0) is 6.42 Å². The van der Waals surface area contributed by atoms with Crippen LogP contribution in [0.5, 0.6) is 0 Å². The molecule has 7 heteroatoms. The van der Waals surface area contributed by atoms with E-state index in [0.29, 0.717) is 21.3 Å². The van der Waals surface area contributed by atoms with Crippen LogP contribution in [-0.4, -0.2) is 16.8 Å². The molecule has 2 N–H and O–H groups in total. The van der Waals surface area contributed by atoms with Crippen molar-refractivity contribution < 1.29 is 9.59 Å². The van der Waals surface area contributed by atoms with Gasteiger partial charge in [-0.2, -0.15) is 0 Å². The average Bonchev–Trinajstić information content (AvgIpc) is 3.26. The third-order valence-corrected chi connectivity index (χ3v) is 6.37. The van der Waals surface area contributed by atoms with Gasteiger partial charge < -0.3 is 5.32 Å². The Balaban J connectivity index is 1.46. The number of anilines is 1. The van der Waals surface area contributed by atoms with Gasteiger partial charge in [0.15, 0.2) is 5.13 Å². The van der Waals surface area contributed by atoms with Gasteiger partial charge in [0.2, 0.25) is 0 Å². The van der Waals surface area contributed by atoms with Gasteiger partial charge in [0.1, 0.15) is 4.88 Å².